The summed E-state index contributed by atoms with van der Waals surface area (Å²) >= 11 is -0.672. The number of hydrogen-bond donors (Lipinski definition) is 0. The van der Waals surface area contributed by atoms with Crippen LogP contribution in [0.3, 0.4) is 0 Å². The van der Waals surface area contributed by atoms with Gasteiger partial charge in [-0.1, -0.05) is 0 Å². The predicted octanol–water partition coefficient (Wildman–Crippen LogP) is 4.32. The van der Waals surface area contributed by atoms with Crippen LogP contribution in [-0.2, 0) is 22.9 Å². The van der Waals surface area contributed by atoms with Crippen LogP contribution in [-0.4, -0.2) is 0 Å². The van der Waals surface area contributed by atoms with Crippen LogP contribution in [0.25, 0.3) is 0 Å². The Labute approximate surface area is 104 Å². The van der Waals surface area contributed by atoms with Crippen LogP contribution < -0.4 is 0 Å². The molecule has 0 aliphatic heterocycles. The third kappa shape index (κ3) is 2.18. The van der Waals surface area contributed by atoms with Crippen LogP contribution in [0.2, 0.25) is 0 Å². The summed E-state index contributed by atoms with van der Waals surface area (Å²) in [5.74, 6) is 0. The quantitative estimate of drug-likeness (QED) is 0.640. The van der Waals surface area contributed by atoms with E-state index in [2.05, 4.69) is 39.8 Å². The average Bonchev–Trinajstić information content (AvgIpc) is 2.68. The standard InChI is InChI=1S/2C7H9.Hf/c2*1-6-4-3-5-7(6)2;/h2*4H,3H2,1-2H3;. The summed E-state index contributed by atoms with van der Waals surface area (Å²) in [6.45, 7) is 9.13. The molecule has 0 fully saturated rings. The molecule has 15 heavy (non-hydrogen) atoms. The van der Waals surface area contributed by atoms with Crippen molar-refractivity contribution in [2.45, 2.75) is 40.5 Å². The second-order valence-corrected chi connectivity index (χ2v) is 9.75. The van der Waals surface area contributed by atoms with E-state index >= 15 is 0 Å². The Bertz CT molecular complexity index is 377. The van der Waals surface area contributed by atoms with E-state index < -0.39 is 22.9 Å². The normalized spacial score (nSPS) is 21.1. The first kappa shape index (κ1) is 11.3. The number of allylic oxidation sites excluding steroid dienone is 8. The van der Waals surface area contributed by atoms with Crippen LogP contribution in [0.4, 0.5) is 0 Å². The Hall–Kier alpha value is -0.170. The third-order valence-corrected chi connectivity index (χ3v) is 9.94. The molecule has 0 N–H and O–H groups in total. The van der Waals surface area contributed by atoms with Gasteiger partial charge in [0.15, 0.2) is 0 Å². The van der Waals surface area contributed by atoms with Crippen molar-refractivity contribution in [1.29, 1.82) is 0 Å². The first-order valence-electron chi connectivity index (χ1n) is 5.60. The van der Waals surface area contributed by atoms with E-state index in [1.807, 2.05) is 6.66 Å². The molecule has 2 aliphatic rings. The predicted molar refractivity (Wildman–Crippen MR) is 62.1 cm³/mol. The summed E-state index contributed by atoms with van der Waals surface area (Å²) in [6, 6.07) is 0. The van der Waals surface area contributed by atoms with Crippen LogP contribution >= 0.6 is 0 Å². The topological polar surface area (TPSA) is 0 Å². The van der Waals surface area contributed by atoms with Crippen LogP contribution in [0, 0.1) is 0 Å². The Balaban J connectivity index is 2.14. The van der Waals surface area contributed by atoms with E-state index in [1.165, 1.54) is 24.0 Å². The van der Waals surface area contributed by atoms with Crippen molar-refractivity contribution in [2.24, 2.45) is 0 Å². The molecule has 0 heterocycles. The maximum absolute atomic E-state index is 2.41. The SMILES string of the molecule is CC1=CC[C]([Hf][C]2=C(C)C(C)=CC2)=C1C. The average molecular weight is 365 g/mol. The minimum absolute atomic E-state index is 0.672. The van der Waals surface area contributed by atoms with Gasteiger partial charge in [-0.05, 0) is 0 Å². The van der Waals surface area contributed by atoms with Crippen LogP contribution in [0.1, 0.15) is 40.5 Å². The molecule has 0 aromatic rings. The van der Waals surface area contributed by atoms with Gasteiger partial charge in [-0.15, -0.1) is 0 Å². The van der Waals surface area contributed by atoms with E-state index in [0.29, 0.717) is 0 Å². The molecule has 1 heteroatoms. The first-order valence-corrected chi connectivity index (χ1v) is 9.19. The van der Waals surface area contributed by atoms with Gasteiger partial charge in [0.2, 0.25) is 0 Å². The zero-order valence-corrected chi connectivity index (χ0v) is 13.7. The Kier molecular flexibility index (Phi) is 3.30. The third-order valence-electron chi connectivity index (χ3n) is 3.61. The van der Waals surface area contributed by atoms with Gasteiger partial charge in [-0.2, -0.15) is 0 Å². The molecule has 0 saturated heterocycles. The molecule has 2 rings (SSSR count). The van der Waals surface area contributed by atoms with E-state index in [4.69, 9.17) is 0 Å². The van der Waals surface area contributed by atoms with Crippen molar-refractivity contribution in [1.82, 2.24) is 0 Å². The summed E-state index contributed by atoms with van der Waals surface area (Å²) in [6.07, 6.45) is 7.33. The molecule has 0 aromatic carbocycles. The Morgan fingerprint density at radius 3 is 1.47 bits per heavy atom. The monoisotopic (exact) mass is 366 g/mol. The molecule has 0 aromatic heterocycles. The first-order chi connectivity index (χ1) is 7.09. The molecule has 0 amide bonds. The summed E-state index contributed by atoms with van der Waals surface area (Å²) in [5.41, 5.74) is 6.28. The van der Waals surface area contributed by atoms with Crippen molar-refractivity contribution in [2.75, 3.05) is 0 Å². The summed E-state index contributed by atoms with van der Waals surface area (Å²) in [5, 5.41) is 0. The molecule has 0 saturated carbocycles. The number of rotatable bonds is 2. The van der Waals surface area contributed by atoms with Gasteiger partial charge < -0.3 is 0 Å². The van der Waals surface area contributed by atoms with Crippen molar-refractivity contribution in [3.05, 3.63) is 41.1 Å². The van der Waals surface area contributed by atoms with Gasteiger partial charge in [0.1, 0.15) is 0 Å². The molecule has 0 atom stereocenters. The molecule has 0 spiro atoms. The molecular weight excluding hydrogens is 347 g/mol. The molecule has 0 unspecified atom stereocenters. The van der Waals surface area contributed by atoms with Crippen molar-refractivity contribution in [3.8, 4) is 0 Å². The van der Waals surface area contributed by atoms with E-state index in [0.717, 1.165) is 0 Å². The van der Waals surface area contributed by atoms with E-state index in [-0.39, 0.29) is 0 Å². The fourth-order valence-electron chi connectivity index (χ4n) is 2.07. The second-order valence-electron chi connectivity index (χ2n) is 4.51. The van der Waals surface area contributed by atoms with Gasteiger partial charge in [-0.3, -0.25) is 0 Å². The van der Waals surface area contributed by atoms with Gasteiger partial charge in [0, 0.05) is 0 Å². The molecule has 2 aliphatic carbocycles. The summed E-state index contributed by atoms with van der Waals surface area (Å²) in [4.78, 5) is 0. The zero-order valence-electron chi connectivity index (χ0n) is 10.1. The molecule has 0 radical (unpaired) electrons. The van der Waals surface area contributed by atoms with Gasteiger partial charge in [0.05, 0.1) is 0 Å². The molecule has 0 bridgehead atoms. The van der Waals surface area contributed by atoms with Crippen LogP contribution in [0.5, 0.6) is 0 Å². The Morgan fingerprint density at radius 1 is 0.800 bits per heavy atom. The van der Waals surface area contributed by atoms with Crippen LogP contribution in [0.15, 0.2) is 41.1 Å². The van der Waals surface area contributed by atoms with Crippen molar-refractivity contribution in [3.63, 3.8) is 0 Å². The fraction of sp³-hybridized carbons (Fsp3) is 0.429. The maximum atomic E-state index is 2.41. The zero-order chi connectivity index (χ0) is 11.0. The Morgan fingerprint density at radius 2 is 1.20 bits per heavy atom. The molecule has 78 valence electrons. The minimum atomic E-state index is -0.672. The second kappa shape index (κ2) is 4.37. The van der Waals surface area contributed by atoms with Gasteiger partial charge in [0.25, 0.3) is 0 Å². The summed E-state index contributed by atoms with van der Waals surface area (Å²) < 4.78 is 3.65. The fourth-order valence-corrected chi connectivity index (χ4v) is 7.61. The van der Waals surface area contributed by atoms with Crippen molar-refractivity contribution >= 4 is 0 Å². The number of hydrogen-bond acceptors (Lipinski definition) is 0. The van der Waals surface area contributed by atoms with Crippen molar-refractivity contribution < 1.29 is 22.9 Å². The van der Waals surface area contributed by atoms with Gasteiger partial charge in [-0.25, -0.2) is 0 Å². The van der Waals surface area contributed by atoms with Gasteiger partial charge >= 0.3 is 105 Å². The molecular formula is C14H18Hf. The summed E-state index contributed by atoms with van der Waals surface area (Å²) in [7, 11) is 0. The van der Waals surface area contributed by atoms with E-state index in [1.54, 1.807) is 11.1 Å². The molecule has 0 nitrogen and oxygen atoms in total. The van der Waals surface area contributed by atoms with E-state index in [9.17, 15) is 0 Å².